The highest BCUT2D eigenvalue weighted by Gasteiger charge is 2.64. The van der Waals surface area contributed by atoms with Crippen LogP contribution >= 0.6 is 22.9 Å². The predicted molar refractivity (Wildman–Crippen MR) is 158 cm³/mol. The molecule has 5 N–H and O–H groups in total. The number of likely N-dealkylation sites (N-methyl/N-ethyl adjacent to an activating group) is 1. The Balaban J connectivity index is 1.87. The molecule has 1 aromatic carbocycles. The zero-order valence-corrected chi connectivity index (χ0v) is 25.9. The van der Waals surface area contributed by atoms with Crippen molar-refractivity contribution < 1.29 is 34.8 Å². The summed E-state index contributed by atoms with van der Waals surface area (Å²) in [5.74, 6) is -5.80. The maximum atomic E-state index is 14.1. The van der Waals surface area contributed by atoms with Gasteiger partial charge in [-0.1, -0.05) is 6.07 Å². The summed E-state index contributed by atoms with van der Waals surface area (Å²) in [4.78, 5) is 42.5. The highest BCUT2D eigenvalue weighted by molar-refractivity contribution is 14.1. The summed E-state index contributed by atoms with van der Waals surface area (Å²) in [6.45, 7) is 5.95. The molecule has 10 nitrogen and oxygen atoms in total. The first-order valence-corrected chi connectivity index (χ1v) is 14.3. The number of fused-ring (bicyclic) bond motifs is 3. The van der Waals surface area contributed by atoms with Gasteiger partial charge >= 0.3 is 0 Å². The number of nitrogens with one attached hydrogen (secondary N) is 1. The molecule has 1 fully saturated rings. The van der Waals surface area contributed by atoms with Crippen molar-refractivity contribution in [3.8, 4) is 5.75 Å². The number of aliphatic hydroxyl groups is 3. The summed E-state index contributed by atoms with van der Waals surface area (Å²) in [7, 11) is 5.21. The Kier molecular flexibility index (Phi) is 8.18. The number of hydrogen-bond donors (Lipinski definition) is 5. The van der Waals surface area contributed by atoms with Crippen molar-refractivity contribution in [2.75, 3.05) is 27.7 Å². The third-order valence-electron chi connectivity index (χ3n) is 8.08. The molecule has 4 atom stereocenters. The lowest BCUT2D eigenvalue weighted by Crippen LogP contribution is -2.66. The summed E-state index contributed by atoms with van der Waals surface area (Å²) in [5, 5.41) is 48.0. The number of phenols is 1. The first kappa shape index (κ1) is 30.5. The van der Waals surface area contributed by atoms with Crippen LogP contribution in [0.2, 0.25) is 0 Å². The van der Waals surface area contributed by atoms with Crippen molar-refractivity contribution in [2.45, 2.75) is 63.6 Å². The minimum absolute atomic E-state index is 0.0967. The Hall–Kier alpha value is -2.48. The molecule has 0 heterocycles. The predicted octanol–water partition coefficient (Wildman–Crippen LogP) is 2.61. The van der Waals surface area contributed by atoms with Crippen molar-refractivity contribution in [2.24, 2.45) is 11.8 Å². The van der Waals surface area contributed by atoms with E-state index < -0.39 is 63.6 Å². The first-order chi connectivity index (χ1) is 18.5. The minimum Gasteiger partial charge on any atom is -0.508 e. The molecule has 0 saturated heterocycles. The quantitative estimate of drug-likeness (QED) is 0.175. The van der Waals surface area contributed by atoms with Gasteiger partial charge in [0.1, 0.15) is 22.8 Å². The van der Waals surface area contributed by atoms with E-state index in [0.29, 0.717) is 12.8 Å². The number of halogens is 1. The highest BCUT2D eigenvalue weighted by atomic mass is 127. The number of aromatic hydroxyl groups is 1. The number of rotatable bonds is 6. The molecule has 11 heteroatoms. The molecule has 3 aliphatic rings. The Morgan fingerprint density at radius 1 is 1.15 bits per heavy atom. The van der Waals surface area contributed by atoms with Crippen molar-refractivity contribution in [3.63, 3.8) is 0 Å². The van der Waals surface area contributed by atoms with Gasteiger partial charge in [-0.25, -0.2) is 0 Å². The number of hydrogen-bond acceptors (Lipinski definition) is 9. The number of amides is 1. The molecular formula is C29H38IN3O7. The second-order valence-corrected chi connectivity index (χ2v) is 14.0. The van der Waals surface area contributed by atoms with Gasteiger partial charge in [0.25, 0.3) is 5.91 Å². The van der Waals surface area contributed by atoms with Crippen molar-refractivity contribution >= 4 is 46.1 Å². The van der Waals surface area contributed by atoms with Gasteiger partial charge in [-0.3, -0.25) is 22.4 Å². The second-order valence-electron chi connectivity index (χ2n) is 12.3. The average Bonchev–Trinajstić information content (AvgIpc) is 2.81. The summed E-state index contributed by atoms with van der Waals surface area (Å²) in [5.41, 5.74) is -2.32. The third-order valence-corrected chi connectivity index (χ3v) is 8.57. The van der Waals surface area contributed by atoms with Gasteiger partial charge in [-0.05, 0) is 90.7 Å². The molecule has 1 amide bonds. The van der Waals surface area contributed by atoms with Gasteiger partial charge in [0, 0.05) is 46.4 Å². The van der Waals surface area contributed by atoms with Crippen molar-refractivity contribution in [3.05, 3.63) is 45.7 Å². The number of benzene rings is 1. The van der Waals surface area contributed by atoms with Gasteiger partial charge in [-0.15, -0.1) is 0 Å². The van der Waals surface area contributed by atoms with E-state index in [1.54, 1.807) is 39.8 Å². The monoisotopic (exact) mass is 667 g/mol. The summed E-state index contributed by atoms with van der Waals surface area (Å²) >= 11 is 2.21. The SMILES string of the molecule is CN(I)CCCc1ccc(O)c2c1C[C@H]1C[C@H]3[C@H](N(C)C)C(=O)C(C(=O)NC(C)(C)C)=C(O)[C@@]3(O)C(=O)C1=C2O. The van der Waals surface area contributed by atoms with Crippen LogP contribution in [-0.2, 0) is 27.2 Å². The van der Waals surface area contributed by atoms with Gasteiger partial charge in [-0.2, -0.15) is 0 Å². The van der Waals surface area contributed by atoms with Crippen LogP contribution in [0.3, 0.4) is 0 Å². The summed E-state index contributed by atoms with van der Waals surface area (Å²) in [6, 6.07) is 2.23. The molecule has 0 aromatic heterocycles. The van der Waals surface area contributed by atoms with Gasteiger partial charge in [0.05, 0.1) is 11.6 Å². The lowest BCUT2D eigenvalue weighted by molar-refractivity contribution is -0.153. The smallest absolute Gasteiger partial charge is 0.258 e. The highest BCUT2D eigenvalue weighted by Crippen LogP contribution is 2.53. The van der Waals surface area contributed by atoms with Crippen LogP contribution in [0.4, 0.5) is 0 Å². The van der Waals surface area contributed by atoms with E-state index in [4.69, 9.17) is 0 Å². The van der Waals surface area contributed by atoms with Crippen LogP contribution < -0.4 is 5.32 Å². The second kappa shape index (κ2) is 10.7. The zero-order chi connectivity index (χ0) is 29.9. The van der Waals surface area contributed by atoms with Gasteiger partial charge in [0.15, 0.2) is 11.4 Å². The first-order valence-electron chi connectivity index (χ1n) is 13.4. The minimum atomic E-state index is -2.61. The Labute approximate surface area is 248 Å². The fourth-order valence-corrected chi connectivity index (χ4v) is 6.76. The third kappa shape index (κ3) is 5.05. The van der Waals surface area contributed by atoms with Crippen LogP contribution in [0.5, 0.6) is 5.75 Å². The number of ketones is 2. The fourth-order valence-electron chi connectivity index (χ4n) is 6.41. The molecule has 0 bridgehead atoms. The Morgan fingerprint density at radius 3 is 2.38 bits per heavy atom. The number of phenolic OH excluding ortho intramolecular Hbond substituents is 1. The molecule has 40 heavy (non-hydrogen) atoms. The molecule has 0 spiro atoms. The van der Waals surface area contributed by atoms with E-state index in [9.17, 15) is 34.8 Å². The number of Topliss-reactive ketones (excluding diaryl/α,β-unsaturated/α-hetero) is 2. The van der Waals surface area contributed by atoms with E-state index >= 15 is 0 Å². The molecule has 4 rings (SSSR count). The molecule has 218 valence electrons. The van der Waals surface area contributed by atoms with Crippen LogP contribution in [0.1, 0.15) is 50.3 Å². The number of nitrogens with zero attached hydrogens (tertiary/aromatic N) is 2. The summed E-state index contributed by atoms with van der Waals surface area (Å²) < 4.78 is 2.04. The maximum absolute atomic E-state index is 14.1. The van der Waals surface area contributed by atoms with Crippen molar-refractivity contribution in [1.82, 2.24) is 13.3 Å². The van der Waals surface area contributed by atoms with E-state index in [1.807, 2.05) is 16.2 Å². The molecule has 1 aromatic rings. The van der Waals surface area contributed by atoms with E-state index in [2.05, 4.69) is 28.2 Å². The van der Waals surface area contributed by atoms with Crippen LogP contribution in [-0.4, -0.2) is 90.8 Å². The zero-order valence-electron chi connectivity index (χ0n) is 23.7. The van der Waals surface area contributed by atoms with E-state index in [-0.39, 0.29) is 23.3 Å². The molecule has 0 radical (unpaired) electrons. The molecule has 1 saturated carbocycles. The number of aliphatic hydroxyl groups excluding tert-OH is 2. The molecular weight excluding hydrogens is 629 g/mol. The van der Waals surface area contributed by atoms with Crippen LogP contribution in [0.15, 0.2) is 29.0 Å². The number of carbonyl (C=O) groups excluding carboxylic acids is 3. The molecule has 0 unspecified atom stereocenters. The standard InChI is InChI=1S/C29H38IN3O7/c1-28(2,3)31-27(39)21-24(36)22(32(4)5)17-13-15-12-16-14(8-7-11-33(6)30)9-10-18(34)20(16)23(35)19(15)25(37)29(17,40)26(21)38/h9-10,15,17,22,34-35,38,40H,7-8,11-13H2,1-6H3,(H,31,39)/t15-,17-,22-,29-/m0/s1. The van der Waals surface area contributed by atoms with E-state index in [1.165, 1.54) is 6.07 Å². The van der Waals surface area contributed by atoms with Crippen LogP contribution in [0.25, 0.3) is 5.76 Å². The Bertz CT molecular complexity index is 1330. The average molecular weight is 668 g/mol. The van der Waals surface area contributed by atoms with Crippen molar-refractivity contribution in [1.29, 1.82) is 0 Å². The van der Waals surface area contributed by atoms with Gasteiger partial charge in [0.2, 0.25) is 5.78 Å². The Morgan fingerprint density at radius 2 is 1.80 bits per heavy atom. The van der Waals surface area contributed by atoms with Gasteiger partial charge < -0.3 is 25.7 Å². The summed E-state index contributed by atoms with van der Waals surface area (Å²) in [6.07, 6.45) is 1.95. The lowest BCUT2D eigenvalue weighted by atomic mass is 9.57. The molecule has 3 aliphatic carbocycles. The molecule has 0 aliphatic heterocycles. The van der Waals surface area contributed by atoms with E-state index in [0.717, 1.165) is 24.1 Å². The topological polar surface area (TPSA) is 151 Å². The number of carbonyl (C=O) groups is 3. The number of aryl methyl sites for hydroxylation is 1. The maximum Gasteiger partial charge on any atom is 0.258 e. The lowest BCUT2D eigenvalue weighted by Gasteiger charge is -2.50. The largest absolute Gasteiger partial charge is 0.508 e. The normalized spacial score (nSPS) is 26.7. The fraction of sp³-hybridized carbons (Fsp3) is 0.552. The van der Waals surface area contributed by atoms with Crippen LogP contribution in [0, 0.1) is 11.8 Å².